The third kappa shape index (κ3) is 5.98. The molecule has 29 heavy (non-hydrogen) atoms. The number of hydrogen-bond acceptors (Lipinski definition) is 7. The fraction of sp³-hybridized carbons (Fsp3) is 0.850. The minimum atomic E-state index is -0.254. The Morgan fingerprint density at radius 3 is 2.72 bits per heavy atom. The number of piperidine rings is 1. The zero-order chi connectivity index (χ0) is 20.6. The summed E-state index contributed by atoms with van der Waals surface area (Å²) in [6.07, 6.45) is 6.57. The SMILES string of the molecule is CCN(CC)C(=O)CCOC(=O)[C@@H]1C[C@H]2C[C@@H](CCc3nn[nH]n3)CC[C@H]2CN1. The van der Waals surface area contributed by atoms with Crippen LogP contribution in [0.4, 0.5) is 0 Å². The maximum absolute atomic E-state index is 12.5. The van der Waals surface area contributed by atoms with Gasteiger partial charge in [-0.2, -0.15) is 5.21 Å². The van der Waals surface area contributed by atoms with Crippen molar-refractivity contribution in [3.63, 3.8) is 0 Å². The second-order valence-electron chi connectivity index (χ2n) is 8.25. The molecule has 0 unspecified atom stereocenters. The van der Waals surface area contributed by atoms with Gasteiger partial charge in [-0.1, -0.05) is 11.6 Å². The van der Waals surface area contributed by atoms with Crippen molar-refractivity contribution in [2.75, 3.05) is 26.2 Å². The molecule has 1 amide bonds. The van der Waals surface area contributed by atoms with Gasteiger partial charge in [0.1, 0.15) is 12.6 Å². The summed E-state index contributed by atoms with van der Waals surface area (Å²) >= 11 is 0. The standard InChI is InChI=1S/C20H34N6O3/c1-3-26(4-2)19(27)9-10-29-20(28)17-12-16-11-14(5-7-15(16)13-21-17)6-8-18-22-24-25-23-18/h14-17,21H,3-13H2,1-2H3,(H,22,23,24,25)/t14-,15+,16-,17+/m1/s1. The Morgan fingerprint density at radius 2 is 2.00 bits per heavy atom. The average Bonchev–Trinajstić information content (AvgIpc) is 3.26. The molecule has 0 aromatic carbocycles. The monoisotopic (exact) mass is 406 g/mol. The molecule has 1 aromatic rings. The van der Waals surface area contributed by atoms with Crippen LogP contribution in [0.15, 0.2) is 0 Å². The van der Waals surface area contributed by atoms with Crippen molar-refractivity contribution in [2.45, 2.75) is 64.8 Å². The number of fused-ring (bicyclic) bond motifs is 1. The number of nitrogens with one attached hydrogen (secondary N) is 2. The molecule has 0 bridgehead atoms. The molecule has 1 saturated carbocycles. The lowest BCUT2D eigenvalue weighted by atomic mass is 9.69. The third-order valence-corrected chi connectivity index (χ3v) is 6.54. The minimum absolute atomic E-state index is 0.0381. The van der Waals surface area contributed by atoms with Gasteiger partial charge in [0, 0.05) is 19.5 Å². The van der Waals surface area contributed by atoms with Crippen LogP contribution in [0.1, 0.15) is 58.2 Å². The molecule has 2 heterocycles. The summed E-state index contributed by atoms with van der Waals surface area (Å²) in [6, 6.07) is -0.254. The number of rotatable bonds is 9. The molecule has 2 aliphatic rings. The van der Waals surface area contributed by atoms with Crippen LogP contribution in [0.5, 0.6) is 0 Å². The van der Waals surface area contributed by atoms with Crippen molar-refractivity contribution < 1.29 is 14.3 Å². The number of ether oxygens (including phenoxy) is 1. The molecule has 0 spiro atoms. The summed E-state index contributed by atoms with van der Waals surface area (Å²) in [5.41, 5.74) is 0. The van der Waals surface area contributed by atoms with E-state index in [9.17, 15) is 9.59 Å². The lowest BCUT2D eigenvalue weighted by Gasteiger charge is -2.42. The molecule has 0 radical (unpaired) electrons. The van der Waals surface area contributed by atoms with Crippen LogP contribution in [0.2, 0.25) is 0 Å². The van der Waals surface area contributed by atoms with E-state index in [1.807, 2.05) is 13.8 Å². The molecule has 1 saturated heterocycles. The summed E-state index contributed by atoms with van der Waals surface area (Å²) < 4.78 is 5.42. The van der Waals surface area contributed by atoms with Crippen molar-refractivity contribution in [1.29, 1.82) is 0 Å². The molecule has 1 aromatic heterocycles. The number of amides is 1. The van der Waals surface area contributed by atoms with Crippen LogP contribution in [0, 0.1) is 17.8 Å². The summed E-state index contributed by atoms with van der Waals surface area (Å²) in [4.78, 5) is 26.3. The first-order valence-corrected chi connectivity index (χ1v) is 11.0. The normalized spacial score (nSPS) is 26.6. The predicted octanol–water partition coefficient (Wildman–Crippen LogP) is 1.33. The topological polar surface area (TPSA) is 113 Å². The smallest absolute Gasteiger partial charge is 0.323 e. The Kier molecular flexibility index (Phi) is 7.97. The van der Waals surface area contributed by atoms with Crippen LogP contribution in [-0.4, -0.2) is 69.7 Å². The maximum Gasteiger partial charge on any atom is 0.323 e. The van der Waals surface area contributed by atoms with Crippen LogP contribution < -0.4 is 5.32 Å². The number of nitrogens with zero attached hydrogens (tertiary/aromatic N) is 4. The molecule has 2 fully saturated rings. The molecule has 4 atom stereocenters. The van der Waals surface area contributed by atoms with E-state index in [1.54, 1.807) is 4.90 Å². The fourth-order valence-corrected chi connectivity index (χ4v) is 4.80. The predicted molar refractivity (Wildman–Crippen MR) is 107 cm³/mol. The zero-order valence-electron chi connectivity index (χ0n) is 17.6. The van der Waals surface area contributed by atoms with E-state index in [4.69, 9.17) is 4.74 Å². The molecular weight excluding hydrogens is 372 g/mol. The number of carbonyl (C=O) groups is 2. The molecular formula is C20H34N6O3. The zero-order valence-corrected chi connectivity index (χ0v) is 17.6. The van der Waals surface area contributed by atoms with E-state index in [1.165, 1.54) is 12.8 Å². The second-order valence-corrected chi connectivity index (χ2v) is 8.25. The van der Waals surface area contributed by atoms with Crippen LogP contribution in [-0.2, 0) is 20.7 Å². The number of hydrogen-bond donors (Lipinski definition) is 2. The number of esters is 1. The Morgan fingerprint density at radius 1 is 1.17 bits per heavy atom. The highest BCUT2D eigenvalue weighted by molar-refractivity contribution is 5.78. The number of tetrazole rings is 1. The van der Waals surface area contributed by atoms with Crippen molar-refractivity contribution in [1.82, 2.24) is 30.8 Å². The molecule has 162 valence electrons. The molecule has 1 aliphatic carbocycles. The van der Waals surface area contributed by atoms with Crippen LogP contribution in [0.3, 0.4) is 0 Å². The number of aryl methyl sites for hydroxylation is 1. The van der Waals surface area contributed by atoms with Gasteiger partial charge in [-0.3, -0.25) is 9.59 Å². The van der Waals surface area contributed by atoms with Crippen LogP contribution >= 0.6 is 0 Å². The molecule has 9 heteroatoms. The van der Waals surface area contributed by atoms with Gasteiger partial charge in [-0.05, 0) is 63.8 Å². The number of H-pyrrole nitrogens is 1. The number of aromatic amines is 1. The van der Waals surface area contributed by atoms with E-state index in [-0.39, 0.29) is 30.9 Å². The van der Waals surface area contributed by atoms with Gasteiger partial charge < -0.3 is 15.0 Å². The molecule has 3 rings (SSSR count). The number of aromatic nitrogens is 4. The largest absolute Gasteiger partial charge is 0.464 e. The number of carbonyl (C=O) groups excluding carboxylic acids is 2. The third-order valence-electron chi connectivity index (χ3n) is 6.54. The van der Waals surface area contributed by atoms with Crippen LogP contribution in [0.25, 0.3) is 0 Å². The highest BCUT2D eigenvalue weighted by atomic mass is 16.5. The quantitative estimate of drug-likeness (QED) is 0.595. The van der Waals surface area contributed by atoms with Gasteiger partial charge in [0.05, 0.1) is 6.42 Å². The first kappa shape index (κ1) is 21.7. The Hall–Kier alpha value is -2.03. The van der Waals surface area contributed by atoms with Gasteiger partial charge >= 0.3 is 5.97 Å². The van der Waals surface area contributed by atoms with E-state index < -0.39 is 0 Å². The van der Waals surface area contributed by atoms with Gasteiger partial charge in [-0.25, -0.2) is 0 Å². The van der Waals surface area contributed by atoms with Crippen molar-refractivity contribution in [3.8, 4) is 0 Å². The molecule has 2 N–H and O–H groups in total. The van der Waals surface area contributed by atoms with Gasteiger partial charge in [0.2, 0.25) is 5.91 Å². The summed E-state index contributed by atoms with van der Waals surface area (Å²) in [5.74, 6) is 2.44. The van der Waals surface area contributed by atoms with Gasteiger partial charge in [0.25, 0.3) is 0 Å². The van der Waals surface area contributed by atoms with Crippen molar-refractivity contribution >= 4 is 11.9 Å². The first-order chi connectivity index (χ1) is 14.1. The Balaban J connectivity index is 1.40. The first-order valence-electron chi connectivity index (χ1n) is 11.0. The van der Waals surface area contributed by atoms with E-state index in [2.05, 4.69) is 25.9 Å². The van der Waals surface area contributed by atoms with E-state index in [0.29, 0.717) is 30.8 Å². The van der Waals surface area contributed by atoms with Gasteiger partial charge in [0.15, 0.2) is 5.82 Å². The Labute approximate surface area is 172 Å². The van der Waals surface area contributed by atoms with E-state index >= 15 is 0 Å². The van der Waals surface area contributed by atoms with E-state index in [0.717, 1.165) is 38.1 Å². The van der Waals surface area contributed by atoms with Gasteiger partial charge in [-0.15, -0.1) is 10.2 Å². The molecule has 1 aliphatic heterocycles. The Bertz CT molecular complexity index is 649. The lowest BCUT2D eigenvalue weighted by molar-refractivity contribution is -0.149. The minimum Gasteiger partial charge on any atom is -0.464 e. The molecule has 9 nitrogen and oxygen atoms in total. The summed E-state index contributed by atoms with van der Waals surface area (Å²) in [5, 5.41) is 17.6. The summed E-state index contributed by atoms with van der Waals surface area (Å²) in [6.45, 7) is 6.31. The fourth-order valence-electron chi connectivity index (χ4n) is 4.80. The summed E-state index contributed by atoms with van der Waals surface area (Å²) in [7, 11) is 0. The lowest BCUT2D eigenvalue weighted by Crippen LogP contribution is -2.50. The highest BCUT2D eigenvalue weighted by Gasteiger charge is 2.38. The maximum atomic E-state index is 12.5. The highest BCUT2D eigenvalue weighted by Crippen LogP contribution is 2.40. The van der Waals surface area contributed by atoms with Crippen molar-refractivity contribution in [2.24, 2.45) is 17.8 Å². The average molecular weight is 407 g/mol. The van der Waals surface area contributed by atoms with Crippen molar-refractivity contribution in [3.05, 3.63) is 5.82 Å². The second kappa shape index (κ2) is 10.7.